The number of anilines is 1. The second kappa shape index (κ2) is 10.1. The Balaban J connectivity index is 1.40. The molecule has 0 amide bonds. The Hall–Kier alpha value is -3.67. The molecule has 1 aromatic carbocycles. The fraction of sp³-hybridized carbons (Fsp3) is 0.300. The quantitative estimate of drug-likeness (QED) is 0.289. The van der Waals surface area contributed by atoms with Gasteiger partial charge in [-0.3, -0.25) is 0 Å². The van der Waals surface area contributed by atoms with Crippen molar-refractivity contribution in [1.82, 2.24) is 19.7 Å². The zero-order valence-corrected chi connectivity index (χ0v) is 16.7. The molecular formula is C20H20F3N5O4. The summed E-state index contributed by atoms with van der Waals surface area (Å²) in [6.07, 6.45) is -1.78. The van der Waals surface area contributed by atoms with Crippen LogP contribution in [0.3, 0.4) is 0 Å². The molecule has 2 aromatic heterocycles. The molecule has 9 nitrogen and oxygen atoms in total. The highest BCUT2D eigenvalue weighted by Gasteiger charge is 2.32. The predicted octanol–water partition coefficient (Wildman–Crippen LogP) is 3.26. The summed E-state index contributed by atoms with van der Waals surface area (Å²) in [5.41, 5.74) is 4.64. The van der Waals surface area contributed by atoms with Gasteiger partial charge < -0.3 is 24.9 Å². The molecule has 3 N–H and O–H groups in total. The molecule has 0 aliphatic heterocycles. The van der Waals surface area contributed by atoms with Crippen molar-refractivity contribution in [3.8, 4) is 17.3 Å². The Bertz CT molecular complexity index is 1070. The first-order valence-corrected chi connectivity index (χ1v) is 9.51. The van der Waals surface area contributed by atoms with E-state index in [4.69, 9.17) is 15.2 Å². The number of unbranched alkanes of at least 4 members (excludes halogenated alkanes) is 1. The Kier molecular flexibility index (Phi) is 7.25. The summed E-state index contributed by atoms with van der Waals surface area (Å²) in [5.74, 6) is -0.772. The van der Waals surface area contributed by atoms with E-state index in [2.05, 4.69) is 15.2 Å². The summed E-state index contributed by atoms with van der Waals surface area (Å²) in [6, 6.07) is 7.21. The Morgan fingerprint density at radius 2 is 2.00 bits per heavy atom. The van der Waals surface area contributed by atoms with Crippen molar-refractivity contribution in [2.75, 3.05) is 19.1 Å². The number of phenolic OH excluding ortho intramolecular Hbond substituents is 1. The second-order valence-corrected chi connectivity index (χ2v) is 6.69. The van der Waals surface area contributed by atoms with Gasteiger partial charge >= 0.3 is 12.1 Å². The van der Waals surface area contributed by atoms with Crippen LogP contribution in [0.2, 0.25) is 0 Å². The van der Waals surface area contributed by atoms with E-state index in [-0.39, 0.29) is 6.61 Å². The third-order valence-corrected chi connectivity index (χ3v) is 4.37. The minimum atomic E-state index is -4.65. The van der Waals surface area contributed by atoms with E-state index < -0.39 is 35.8 Å². The van der Waals surface area contributed by atoms with Gasteiger partial charge in [0.2, 0.25) is 0 Å². The monoisotopic (exact) mass is 451 g/mol. The molecule has 0 unspecified atom stereocenters. The third-order valence-electron chi connectivity index (χ3n) is 4.37. The molecule has 0 atom stereocenters. The zero-order chi connectivity index (χ0) is 23.1. The van der Waals surface area contributed by atoms with Gasteiger partial charge in [-0.1, -0.05) is 6.07 Å². The highest BCUT2D eigenvalue weighted by Crippen LogP contribution is 2.32. The van der Waals surface area contributed by atoms with Gasteiger partial charge in [0.15, 0.2) is 12.6 Å². The molecule has 0 aliphatic rings. The highest BCUT2D eigenvalue weighted by atomic mass is 19.4. The van der Waals surface area contributed by atoms with Crippen LogP contribution in [0.4, 0.5) is 19.0 Å². The SMILES string of the molecule is Nc1cccc(-c2nncn2CCCCOCOC(=O)c2cc(C(F)(F)F)ccc2O)n1. The minimum Gasteiger partial charge on any atom is -0.507 e. The second-order valence-electron chi connectivity index (χ2n) is 6.69. The lowest BCUT2D eigenvalue weighted by atomic mass is 10.1. The topological polar surface area (TPSA) is 125 Å². The molecule has 12 heteroatoms. The number of nitrogens with two attached hydrogens (primary N) is 1. The van der Waals surface area contributed by atoms with E-state index in [1.54, 1.807) is 24.5 Å². The molecule has 0 radical (unpaired) electrons. The number of esters is 1. The van der Waals surface area contributed by atoms with Gasteiger partial charge in [-0.25, -0.2) is 9.78 Å². The van der Waals surface area contributed by atoms with E-state index in [1.165, 1.54) is 0 Å². The van der Waals surface area contributed by atoms with Crippen LogP contribution >= 0.6 is 0 Å². The van der Waals surface area contributed by atoms with Crippen molar-refractivity contribution < 1.29 is 32.5 Å². The van der Waals surface area contributed by atoms with E-state index in [0.717, 1.165) is 6.07 Å². The maximum Gasteiger partial charge on any atom is 0.416 e. The lowest BCUT2D eigenvalue weighted by Crippen LogP contribution is -2.12. The number of halogens is 3. The molecule has 0 aliphatic carbocycles. The zero-order valence-electron chi connectivity index (χ0n) is 16.7. The van der Waals surface area contributed by atoms with Crippen molar-refractivity contribution in [2.24, 2.45) is 0 Å². The molecule has 32 heavy (non-hydrogen) atoms. The maximum absolute atomic E-state index is 12.8. The van der Waals surface area contributed by atoms with Gasteiger partial charge in [0.25, 0.3) is 0 Å². The van der Waals surface area contributed by atoms with E-state index in [0.29, 0.717) is 48.9 Å². The van der Waals surface area contributed by atoms with Gasteiger partial charge in [-0.2, -0.15) is 13.2 Å². The Morgan fingerprint density at radius 3 is 2.75 bits per heavy atom. The lowest BCUT2D eigenvalue weighted by Gasteiger charge is -2.11. The van der Waals surface area contributed by atoms with Gasteiger partial charge in [0, 0.05) is 6.54 Å². The smallest absolute Gasteiger partial charge is 0.416 e. The third kappa shape index (κ3) is 5.94. The number of carbonyl (C=O) groups excluding carboxylic acids is 1. The standard InChI is InChI=1S/C20H20F3N5O4/c21-20(22,23)13-6-7-16(29)14(10-13)19(30)32-12-31-9-2-1-8-28-11-25-27-18(28)15-4-3-5-17(24)26-15/h3-7,10-11,29H,1-2,8-9,12H2,(H2,24,26). The van der Waals surface area contributed by atoms with E-state index >= 15 is 0 Å². The van der Waals surface area contributed by atoms with Gasteiger partial charge in [0.05, 0.1) is 12.2 Å². The van der Waals surface area contributed by atoms with Crippen molar-refractivity contribution in [3.63, 3.8) is 0 Å². The number of aryl methyl sites for hydroxylation is 1. The number of aromatic nitrogens is 4. The Morgan fingerprint density at radius 1 is 1.19 bits per heavy atom. The summed E-state index contributed by atoms with van der Waals surface area (Å²) >= 11 is 0. The largest absolute Gasteiger partial charge is 0.507 e. The number of nitrogens with zero attached hydrogens (tertiary/aromatic N) is 4. The molecule has 3 rings (SSSR count). The van der Waals surface area contributed by atoms with E-state index in [1.807, 2.05) is 4.57 Å². The van der Waals surface area contributed by atoms with Crippen molar-refractivity contribution in [1.29, 1.82) is 0 Å². The summed E-state index contributed by atoms with van der Waals surface area (Å²) in [4.78, 5) is 16.1. The van der Waals surface area contributed by atoms with Crippen LogP contribution in [0.5, 0.6) is 5.75 Å². The number of phenols is 1. The number of hydrogen-bond donors (Lipinski definition) is 2. The number of aromatic hydroxyl groups is 1. The number of carbonyl (C=O) groups is 1. The van der Waals surface area contributed by atoms with Crippen molar-refractivity contribution in [3.05, 3.63) is 53.9 Å². The predicted molar refractivity (Wildman–Crippen MR) is 106 cm³/mol. The number of hydrogen-bond acceptors (Lipinski definition) is 8. The molecule has 0 spiro atoms. The van der Waals surface area contributed by atoms with Gasteiger partial charge in [-0.15, -0.1) is 10.2 Å². The average Bonchev–Trinajstić information content (AvgIpc) is 3.21. The lowest BCUT2D eigenvalue weighted by molar-refractivity contribution is -0.137. The van der Waals surface area contributed by atoms with Gasteiger partial charge in [0.1, 0.15) is 29.2 Å². The first kappa shape index (κ1) is 23.0. The van der Waals surface area contributed by atoms with Crippen LogP contribution in [0.15, 0.2) is 42.7 Å². The van der Waals surface area contributed by atoms with Crippen LogP contribution in [-0.2, 0) is 22.2 Å². The summed E-state index contributed by atoms with van der Waals surface area (Å²) in [5, 5.41) is 17.6. The van der Waals surface area contributed by atoms with Crippen LogP contribution in [0.1, 0.15) is 28.8 Å². The molecule has 0 bridgehead atoms. The van der Waals surface area contributed by atoms with Crippen molar-refractivity contribution in [2.45, 2.75) is 25.6 Å². The van der Waals surface area contributed by atoms with Crippen LogP contribution in [0.25, 0.3) is 11.5 Å². The maximum atomic E-state index is 12.8. The number of pyridine rings is 1. The number of benzene rings is 1. The first-order chi connectivity index (χ1) is 15.3. The summed E-state index contributed by atoms with van der Waals surface area (Å²) in [6.45, 7) is 0.371. The molecule has 3 aromatic rings. The van der Waals surface area contributed by atoms with Crippen LogP contribution < -0.4 is 5.73 Å². The van der Waals surface area contributed by atoms with Gasteiger partial charge in [-0.05, 0) is 43.2 Å². The molecule has 170 valence electrons. The summed E-state index contributed by atoms with van der Waals surface area (Å²) < 4.78 is 50.1. The number of alkyl halides is 3. The highest BCUT2D eigenvalue weighted by molar-refractivity contribution is 5.92. The fourth-order valence-corrected chi connectivity index (χ4v) is 2.79. The number of ether oxygens (including phenoxy) is 2. The average molecular weight is 451 g/mol. The number of rotatable bonds is 9. The van der Waals surface area contributed by atoms with Crippen LogP contribution in [-0.4, -0.2) is 44.2 Å². The first-order valence-electron chi connectivity index (χ1n) is 9.51. The molecule has 0 fully saturated rings. The van der Waals surface area contributed by atoms with E-state index in [9.17, 15) is 23.1 Å². The Labute approximate surface area is 180 Å². The normalized spacial score (nSPS) is 11.5. The number of nitrogen functional groups attached to an aromatic ring is 1. The minimum absolute atomic E-state index is 0.246. The molecular weight excluding hydrogens is 431 g/mol. The molecule has 2 heterocycles. The van der Waals surface area contributed by atoms with Crippen molar-refractivity contribution >= 4 is 11.8 Å². The molecule has 0 saturated heterocycles. The van der Waals surface area contributed by atoms with Crippen LogP contribution in [0, 0.1) is 0 Å². The molecule has 0 saturated carbocycles. The summed E-state index contributed by atoms with van der Waals surface area (Å²) in [7, 11) is 0. The fourth-order valence-electron chi connectivity index (χ4n) is 2.79.